The molecule has 0 bridgehead atoms. The Balaban J connectivity index is 2.30. The van der Waals surface area contributed by atoms with E-state index < -0.39 is 5.97 Å². The maximum atomic E-state index is 11.4. The fraction of sp³-hybridized carbons (Fsp3) is 0.583. The van der Waals surface area contributed by atoms with Gasteiger partial charge in [0, 0.05) is 12.0 Å². The van der Waals surface area contributed by atoms with Gasteiger partial charge in [0.1, 0.15) is 0 Å². The van der Waals surface area contributed by atoms with Crippen LogP contribution >= 0.6 is 0 Å². The number of nitrogens with zero attached hydrogens (tertiary/aromatic N) is 1. The molecule has 1 aliphatic carbocycles. The van der Waals surface area contributed by atoms with Gasteiger partial charge in [-0.2, -0.15) is 0 Å². The van der Waals surface area contributed by atoms with E-state index in [1.165, 1.54) is 18.9 Å². The highest BCUT2D eigenvalue weighted by Gasteiger charge is 2.18. The van der Waals surface area contributed by atoms with E-state index in [1.54, 1.807) is 0 Å². The van der Waals surface area contributed by atoms with Crippen molar-refractivity contribution in [2.45, 2.75) is 44.4 Å². The molecule has 92 valence electrons. The first-order chi connectivity index (χ1) is 8.16. The van der Waals surface area contributed by atoms with Crippen LogP contribution in [0, 0.1) is 0 Å². The summed E-state index contributed by atoms with van der Waals surface area (Å²) in [7, 11) is 0. The lowest BCUT2D eigenvalue weighted by Crippen LogP contribution is -2.18. The van der Waals surface area contributed by atoms with Gasteiger partial charge in [-0.25, -0.2) is 9.78 Å². The Morgan fingerprint density at radius 1 is 1.29 bits per heavy atom. The Morgan fingerprint density at radius 3 is 2.53 bits per heavy atom. The number of rotatable bonds is 2. The Bertz CT molecular complexity index is 459. The molecule has 5 nitrogen and oxygen atoms in total. The number of carboxylic acid groups (broad SMARTS) is 1. The molecule has 0 spiro atoms. The number of hydrogen-bond acceptors (Lipinski definition) is 3. The second kappa shape index (κ2) is 5.12. The van der Waals surface area contributed by atoms with E-state index >= 15 is 0 Å². The standard InChI is InChI=1S/C12H16N2O3/c15-10-7-9(13-11(14-10)12(16)17)8-5-3-1-2-4-6-8/h7-8H,1-6H2,(H,16,17)(H,13,14,15). The van der Waals surface area contributed by atoms with E-state index in [2.05, 4.69) is 9.97 Å². The van der Waals surface area contributed by atoms with Crippen molar-refractivity contribution >= 4 is 5.97 Å². The van der Waals surface area contributed by atoms with Crippen LogP contribution in [0.25, 0.3) is 0 Å². The smallest absolute Gasteiger partial charge is 0.372 e. The minimum Gasteiger partial charge on any atom is -0.475 e. The van der Waals surface area contributed by atoms with Crippen molar-refractivity contribution in [3.05, 3.63) is 27.9 Å². The zero-order chi connectivity index (χ0) is 12.3. The van der Waals surface area contributed by atoms with Crippen molar-refractivity contribution in [1.29, 1.82) is 0 Å². The third-order valence-corrected chi connectivity index (χ3v) is 3.24. The van der Waals surface area contributed by atoms with Crippen LogP contribution in [0.3, 0.4) is 0 Å². The molecule has 5 heteroatoms. The van der Waals surface area contributed by atoms with Crippen LogP contribution in [-0.4, -0.2) is 21.0 Å². The Labute approximate surface area is 98.9 Å². The Kier molecular flexibility index (Phi) is 3.56. The molecule has 1 fully saturated rings. The van der Waals surface area contributed by atoms with Gasteiger partial charge >= 0.3 is 5.97 Å². The molecule has 17 heavy (non-hydrogen) atoms. The van der Waals surface area contributed by atoms with Gasteiger partial charge in [0.25, 0.3) is 5.56 Å². The first kappa shape index (κ1) is 11.8. The molecule has 2 N–H and O–H groups in total. The largest absolute Gasteiger partial charge is 0.475 e. The summed E-state index contributed by atoms with van der Waals surface area (Å²) >= 11 is 0. The number of H-pyrrole nitrogens is 1. The van der Waals surface area contributed by atoms with E-state index in [0.29, 0.717) is 5.69 Å². The van der Waals surface area contributed by atoms with Crippen LogP contribution < -0.4 is 5.56 Å². The Hall–Kier alpha value is -1.65. The minimum absolute atomic E-state index is 0.234. The van der Waals surface area contributed by atoms with Crippen LogP contribution in [0.15, 0.2) is 10.9 Å². The number of aromatic carboxylic acids is 1. The predicted octanol–water partition coefficient (Wildman–Crippen LogP) is 1.91. The molecule has 0 aliphatic heterocycles. The number of carbonyl (C=O) groups is 1. The molecule has 0 aromatic carbocycles. The number of aromatic nitrogens is 2. The molecule has 0 radical (unpaired) electrons. The number of hydrogen-bond donors (Lipinski definition) is 2. The molecule has 2 rings (SSSR count). The van der Waals surface area contributed by atoms with Gasteiger partial charge in [0.15, 0.2) is 0 Å². The number of aromatic amines is 1. The van der Waals surface area contributed by atoms with Gasteiger partial charge in [-0.05, 0) is 12.8 Å². The maximum absolute atomic E-state index is 11.4. The monoisotopic (exact) mass is 236 g/mol. The van der Waals surface area contributed by atoms with Crippen LogP contribution in [0.2, 0.25) is 0 Å². The number of carboxylic acids is 1. The van der Waals surface area contributed by atoms with Gasteiger partial charge in [0.2, 0.25) is 5.82 Å². The summed E-state index contributed by atoms with van der Waals surface area (Å²) in [6, 6.07) is 1.43. The molecule has 1 heterocycles. The summed E-state index contributed by atoms with van der Waals surface area (Å²) < 4.78 is 0. The third kappa shape index (κ3) is 2.93. The van der Waals surface area contributed by atoms with Crippen LogP contribution in [0.4, 0.5) is 0 Å². The quantitative estimate of drug-likeness (QED) is 0.768. The lowest BCUT2D eigenvalue weighted by atomic mass is 9.96. The first-order valence-electron chi connectivity index (χ1n) is 6.01. The lowest BCUT2D eigenvalue weighted by molar-refractivity contribution is 0.0682. The summed E-state index contributed by atoms with van der Waals surface area (Å²) in [6.45, 7) is 0. The van der Waals surface area contributed by atoms with E-state index in [9.17, 15) is 9.59 Å². The molecule has 1 aromatic rings. The zero-order valence-electron chi connectivity index (χ0n) is 9.61. The average Bonchev–Trinajstić information content (AvgIpc) is 2.56. The lowest BCUT2D eigenvalue weighted by Gasteiger charge is -2.12. The van der Waals surface area contributed by atoms with Crippen molar-refractivity contribution in [3.63, 3.8) is 0 Å². The highest BCUT2D eigenvalue weighted by atomic mass is 16.4. The zero-order valence-corrected chi connectivity index (χ0v) is 9.61. The highest BCUT2D eigenvalue weighted by Crippen LogP contribution is 2.29. The van der Waals surface area contributed by atoms with Crippen LogP contribution in [0.1, 0.15) is 60.8 Å². The summed E-state index contributed by atoms with van der Waals surface area (Å²) in [6.07, 6.45) is 6.67. The SMILES string of the molecule is O=C(O)c1nc(C2CCCCCC2)cc(=O)[nH]1. The third-order valence-electron chi connectivity index (χ3n) is 3.24. The predicted molar refractivity (Wildman–Crippen MR) is 62.3 cm³/mol. The fourth-order valence-corrected chi connectivity index (χ4v) is 2.36. The molecule has 0 saturated heterocycles. The second-order valence-electron chi connectivity index (χ2n) is 4.51. The van der Waals surface area contributed by atoms with E-state index in [1.807, 2.05) is 0 Å². The molecule has 0 amide bonds. The fourth-order valence-electron chi connectivity index (χ4n) is 2.36. The van der Waals surface area contributed by atoms with Gasteiger partial charge < -0.3 is 10.1 Å². The summed E-state index contributed by atoms with van der Waals surface area (Å²) in [4.78, 5) is 28.5. The average molecular weight is 236 g/mol. The summed E-state index contributed by atoms with van der Waals surface area (Å²) in [5, 5.41) is 8.85. The molecule has 0 atom stereocenters. The van der Waals surface area contributed by atoms with Crippen molar-refractivity contribution in [3.8, 4) is 0 Å². The Morgan fingerprint density at radius 2 is 1.94 bits per heavy atom. The highest BCUT2D eigenvalue weighted by molar-refractivity contribution is 5.82. The van der Waals surface area contributed by atoms with Crippen molar-refractivity contribution in [2.75, 3.05) is 0 Å². The van der Waals surface area contributed by atoms with E-state index in [4.69, 9.17) is 5.11 Å². The minimum atomic E-state index is -1.18. The van der Waals surface area contributed by atoms with Gasteiger partial charge in [-0.3, -0.25) is 4.79 Å². The molecule has 0 unspecified atom stereocenters. The van der Waals surface area contributed by atoms with E-state index in [-0.39, 0.29) is 17.3 Å². The topological polar surface area (TPSA) is 83.0 Å². The normalized spacial score (nSPS) is 17.6. The molecular formula is C12H16N2O3. The van der Waals surface area contributed by atoms with Gasteiger partial charge in [-0.1, -0.05) is 25.7 Å². The van der Waals surface area contributed by atoms with Crippen LogP contribution in [0.5, 0.6) is 0 Å². The first-order valence-corrected chi connectivity index (χ1v) is 6.01. The number of nitrogens with one attached hydrogen (secondary N) is 1. The molecular weight excluding hydrogens is 220 g/mol. The summed E-state index contributed by atoms with van der Waals surface area (Å²) in [5.74, 6) is -1.20. The van der Waals surface area contributed by atoms with Crippen molar-refractivity contribution < 1.29 is 9.90 Å². The molecule has 1 aromatic heterocycles. The second-order valence-corrected chi connectivity index (χ2v) is 4.51. The van der Waals surface area contributed by atoms with Crippen molar-refractivity contribution in [2.24, 2.45) is 0 Å². The van der Waals surface area contributed by atoms with Crippen molar-refractivity contribution in [1.82, 2.24) is 9.97 Å². The maximum Gasteiger partial charge on any atom is 0.372 e. The molecule has 1 saturated carbocycles. The summed E-state index contributed by atoms with van der Waals surface area (Å²) in [5.41, 5.74) is 0.254. The van der Waals surface area contributed by atoms with E-state index in [0.717, 1.165) is 25.7 Å². The van der Waals surface area contributed by atoms with Gasteiger partial charge in [0.05, 0.1) is 5.69 Å². The van der Waals surface area contributed by atoms with Gasteiger partial charge in [-0.15, -0.1) is 0 Å². The molecule has 1 aliphatic rings. The van der Waals surface area contributed by atoms with Crippen LogP contribution in [-0.2, 0) is 0 Å².